The van der Waals surface area contributed by atoms with E-state index in [-0.39, 0.29) is 5.41 Å². The van der Waals surface area contributed by atoms with Crippen molar-refractivity contribution in [1.29, 1.82) is 0 Å². The zero-order chi connectivity index (χ0) is 13.0. The first-order valence-corrected chi connectivity index (χ1v) is 7.52. The van der Waals surface area contributed by atoms with Gasteiger partial charge in [-0.05, 0) is 44.0 Å². The normalized spacial score (nSPS) is 27.6. The van der Waals surface area contributed by atoms with Crippen LogP contribution in [0.4, 0.5) is 0 Å². The molecule has 1 aliphatic heterocycles. The molecule has 1 aliphatic rings. The molecule has 0 bridgehead atoms. The van der Waals surface area contributed by atoms with Crippen molar-refractivity contribution in [1.82, 2.24) is 5.32 Å². The van der Waals surface area contributed by atoms with Crippen LogP contribution in [0.25, 0.3) is 0 Å². The van der Waals surface area contributed by atoms with Crippen LogP contribution in [0, 0.1) is 5.41 Å². The number of hydrogen-bond acceptors (Lipinski definition) is 2. The highest BCUT2D eigenvalue weighted by atomic mass is 79.9. The van der Waals surface area contributed by atoms with Gasteiger partial charge in [0.1, 0.15) is 0 Å². The third kappa shape index (κ3) is 3.14. The van der Waals surface area contributed by atoms with Crippen LogP contribution in [0.15, 0.2) is 28.7 Å². The van der Waals surface area contributed by atoms with E-state index in [0.29, 0.717) is 6.10 Å². The third-order valence-electron chi connectivity index (χ3n) is 4.00. The van der Waals surface area contributed by atoms with E-state index in [0.717, 1.165) is 37.0 Å². The Morgan fingerprint density at radius 2 is 2.33 bits per heavy atom. The highest BCUT2D eigenvalue weighted by Crippen LogP contribution is 2.38. The van der Waals surface area contributed by atoms with Crippen molar-refractivity contribution >= 4 is 15.9 Å². The monoisotopic (exact) mass is 311 g/mol. The van der Waals surface area contributed by atoms with E-state index in [1.807, 2.05) is 0 Å². The van der Waals surface area contributed by atoms with E-state index >= 15 is 0 Å². The van der Waals surface area contributed by atoms with Crippen molar-refractivity contribution in [3.05, 3.63) is 34.3 Å². The Kier molecular flexibility index (Phi) is 4.82. The summed E-state index contributed by atoms with van der Waals surface area (Å²) < 4.78 is 6.97. The number of halogens is 1. The average molecular weight is 312 g/mol. The Labute approximate surface area is 118 Å². The summed E-state index contributed by atoms with van der Waals surface area (Å²) in [4.78, 5) is 0. The SMILES string of the molecule is CCNCC1(Cc2cccc(Br)c2)CCOC1C. The molecule has 1 saturated heterocycles. The third-order valence-corrected chi connectivity index (χ3v) is 4.50. The molecule has 0 aliphatic carbocycles. The first kappa shape index (κ1) is 14.0. The molecule has 2 rings (SSSR count). The van der Waals surface area contributed by atoms with Crippen molar-refractivity contribution in [2.75, 3.05) is 19.7 Å². The Bertz CT molecular complexity index is 396. The maximum Gasteiger partial charge on any atom is 0.0619 e. The van der Waals surface area contributed by atoms with Gasteiger partial charge in [-0.2, -0.15) is 0 Å². The molecule has 2 nitrogen and oxygen atoms in total. The van der Waals surface area contributed by atoms with Gasteiger partial charge in [-0.1, -0.05) is 35.0 Å². The Hall–Kier alpha value is -0.380. The molecule has 2 unspecified atom stereocenters. The van der Waals surface area contributed by atoms with Gasteiger partial charge < -0.3 is 10.1 Å². The summed E-state index contributed by atoms with van der Waals surface area (Å²) in [5.74, 6) is 0. The van der Waals surface area contributed by atoms with Crippen molar-refractivity contribution in [3.8, 4) is 0 Å². The van der Waals surface area contributed by atoms with Gasteiger partial charge in [0.15, 0.2) is 0 Å². The lowest BCUT2D eigenvalue weighted by Gasteiger charge is -2.32. The van der Waals surface area contributed by atoms with Gasteiger partial charge in [-0.15, -0.1) is 0 Å². The summed E-state index contributed by atoms with van der Waals surface area (Å²) in [6.45, 7) is 7.32. The number of benzene rings is 1. The van der Waals surface area contributed by atoms with E-state index in [4.69, 9.17) is 4.74 Å². The van der Waals surface area contributed by atoms with Crippen LogP contribution in [0.5, 0.6) is 0 Å². The fourth-order valence-corrected chi connectivity index (χ4v) is 3.22. The smallest absolute Gasteiger partial charge is 0.0619 e. The summed E-state index contributed by atoms with van der Waals surface area (Å²) >= 11 is 3.55. The van der Waals surface area contributed by atoms with Crippen LogP contribution in [-0.2, 0) is 11.2 Å². The molecular formula is C15H22BrNO. The average Bonchev–Trinajstić information content (AvgIpc) is 2.69. The van der Waals surface area contributed by atoms with Crippen molar-refractivity contribution in [2.45, 2.75) is 32.8 Å². The summed E-state index contributed by atoms with van der Waals surface area (Å²) in [6, 6.07) is 8.62. The maximum atomic E-state index is 5.82. The van der Waals surface area contributed by atoms with E-state index in [1.54, 1.807) is 0 Å². The second-order valence-corrected chi connectivity index (χ2v) is 6.13. The van der Waals surface area contributed by atoms with Crippen LogP contribution in [0.1, 0.15) is 25.8 Å². The fourth-order valence-electron chi connectivity index (χ4n) is 2.77. The van der Waals surface area contributed by atoms with Crippen molar-refractivity contribution in [3.63, 3.8) is 0 Å². The van der Waals surface area contributed by atoms with E-state index in [2.05, 4.69) is 59.4 Å². The zero-order valence-electron chi connectivity index (χ0n) is 11.2. The lowest BCUT2D eigenvalue weighted by atomic mass is 9.76. The minimum Gasteiger partial charge on any atom is -0.378 e. The summed E-state index contributed by atoms with van der Waals surface area (Å²) in [5.41, 5.74) is 1.64. The molecule has 0 saturated carbocycles. The summed E-state index contributed by atoms with van der Waals surface area (Å²) in [7, 11) is 0. The molecule has 1 aromatic rings. The maximum absolute atomic E-state index is 5.82. The van der Waals surface area contributed by atoms with Crippen LogP contribution < -0.4 is 5.32 Å². The summed E-state index contributed by atoms with van der Waals surface area (Å²) in [5, 5.41) is 3.50. The predicted molar refractivity (Wildman–Crippen MR) is 78.9 cm³/mol. The summed E-state index contributed by atoms with van der Waals surface area (Å²) in [6.07, 6.45) is 2.56. The first-order valence-electron chi connectivity index (χ1n) is 6.73. The van der Waals surface area contributed by atoms with Gasteiger partial charge in [-0.25, -0.2) is 0 Å². The van der Waals surface area contributed by atoms with Crippen LogP contribution >= 0.6 is 15.9 Å². The van der Waals surface area contributed by atoms with Gasteiger partial charge in [0.05, 0.1) is 6.10 Å². The second-order valence-electron chi connectivity index (χ2n) is 5.21. The number of ether oxygens (including phenoxy) is 1. The molecule has 100 valence electrons. The molecule has 2 atom stereocenters. The Morgan fingerprint density at radius 1 is 1.50 bits per heavy atom. The van der Waals surface area contributed by atoms with Gasteiger partial charge in [0.2, 0.25) is 0 Å². The molecular weight excluding hydrogens is 290 g/mol. The van der Waals surface area contributed by atoms with Crippen LogP contribution in [-0.4, -0.2) is 25.8 Å². The lowest BCUT2D eigenvalue weighted by molar-refractivity contribution is 0.0633. The lowest BCUT2D eigenvalue weighted by Crippen LogP contribution is -2.41. The molecule has 1 heterocycles. The number of rotatable bonds is 5. The molecule has 1 N–H and O–H groups in total. The fraction of sp³-hybridized carbons (Fsp3) is 0.600. The van der Waals surface area contributed by atoms with E-state index in [9.17, 15) is 0 Å². The highest BCUT2D eigenvalue weighted by Gasteiger charge is 2.40. The quantitative estimate of drug-likeness (QED) is 0.900. The largest absolute Gasteiger partial charge is 0.378 e. The first-order chi connectivity index (χ1) is 8.66. The molecule has 18 heavy (non-hydrogen) atoms. The molecule has 0 spiro atoms. The zero-order valence-corrected chi connectivity index (χ0v) is 12.8. The molecule has 0 aromatic heterocycles. The van der Waals surface area contributed by atoms with E-state index < -0.39 is 0 Å². The predicted octanol–water partition coefficient (Wildman–Crippen LogP) is 3.40. The van der Waals surface area contributed by atoms with Gasteiger partial charge >= 0.3 is 0 Å². The Morgan fingerprint density at radius 3 is 2.94 bits per heavy atom. The topological polar surface area (TPSA) is 21.3 Å². The van der Waals surface area contributed by atoms with Crippen molar-refractivity contribution in [2.24, 2.45) is 5.41 Å². The molecule has 0 radical (unpaired) electrons. The number of nitrogens with one attached hydrogen (secondary N) is 1. The molecule has 3 heteroatoms. The highest BCUT2D eigenvalue weighted by molar-refractivity contribution is 9.10. The molecule has 1 fully saturated rings. The van der Waals surface area contributed by atoms with Gasteiger partial charge in [0.25, 0.3) is 0 Å². The van der Waals surface area contributed by atoms with Crippen LogP contribution in [0.3, 0.4) is 0 Å². The minimum atomic E-state index is 0.247. The second kappa shape index (κ2) is 6.18. The van der Waals surface area contributed by atoms with Crippen LogP contribution in [0.2, 0.25) is 0 Å². The number of hydrogen-bond donors (Lipinski definition) is 1. The van der Waals surface area contributed by atoms with Gasteiger partial charge in [0, 0.05) is 23.0 Å². The Balaban J connectivity index is 2.14. The van der Waals surface area contributed by atoms with Gasteiger partial charge in [-0.3, -0.25) is 0 Å². The molecule has 1 aromatic carbocycles. The standard InChI is InChI=1S/C15H22BrNO/c1-3-17-11-15(7-8-18-12(15)2)10-13-5-4-6-14(16)9-13/h4-6,9,12,17H,3,7-8,10-11H2,1-2H3. The van der Waals surface area contributed by atoms with Crippen molar-refractivity contribution < 1.29 is 4.74 Å². The van der Waals surface area contributed by atoms with E-state index in [1.165, 1.54) is 5.56 Å². The minimum absolute atomic E-state index is 0.247. The molecule has 0 amide bonds.